The lowest BCUT2D eigenvalue weighted by molar-refractivity contribution is 0.415. The molecule has 0 saturated carbocycles. The molecule has 2 nitrogen and oxygen atoms in total. The predicted octanol–water partition coefficient (Wildman–Crippen LogP) is 4.53. The third kappa shape index (κ3) is 5.34. The van der Waals surface area contributed by atoms with E-state index in [2.05, 4.69) is 31.8 Å². The molecule has 2 heteroatoms. The molecule has 0 N–H and O–H groups in total. The molecule has 92 valence electrons. The Morgan fingerprint density at radius 1 is 1.18 bits per heavy atom. The van der Waals surface area contributed by atoms with E-state index in [1.165, 1.54) is 5.57 Å². The Labute approximate surface area is 104 Å². The van der Waals surface area contributed by atoms with Crippen molar-refractivity contribution in [3.63, 3.8) is 0 Å². The highest BCUT2D eigenvalue weighted by Crippen LogP contribution is 2.18. The Morgan fingerprint density at radius 2 is 1.82 bits per heavy atom. The highest BCUT2D eigenvalue weighted by molar-refractivity contribution is 5.84. The Bertz CT molecular complexity index is 397. The molecular weight excluding hydrogens is 210 g/mol. The highest BCUT2D eigenvalue weighted by atomic mass is 16.5. The standard InChI is InChI=1S/C15H21NO/c1-12(2)6-5-7-13(3)16-14-8-10-15(17-4)11-9-14/h6,8-11H,5,7H2,1-4H3. The van der Waals surface area contributed by atoms with Crippen LogP contribution < -0.4 is 4.74 Å². The molecule has 0 aliphatic rings. The van der Waals surface area contributed by atoms with Crippen LogP contribution in [0.3, 0.4) is 0 Å². The molecule has 0 spiro atoms. The lowest BCUT2D eigenvalue weighted by Crippen LogP contribution is -1.89. The van der Waals surface area contributed by atoms with E-state index in [0.29, 0.717) is 0 Å². The lowest BCUT2D eigenvalue weighted by atomic mass is 10.2. The van der Waals surface area contributed by atoms with Gasteiger partial charge in [0.1, 0.15) is 5.75 Å². The first kappa shape index (κ1) is 13.5. The lowest BCUT2D eigenvalue weighted by Gasteiger charge is -2.01. The molecule has 0 heterocycles. The van der Waals surface area contributed by atoms with Gasteiger partial charge in [-0.1, -0.05) is 11.6 Å². The van der Waals surface area contributed by atoms with Gasteiger partial charge in [-0.15, -0.1) is 0 Å². The van der Waals surface area contributed by atoms with E-state index in [-0.39, 0.29) is 0 Å². The maximum absolute atomic E-state index is 5.11. The van der Waals surface area contributed by atoms with Crippen molar-refractivity contribution in [3.8, 4) is 5.75 Å². The average Bonchev–Trinajstić information content (AvgIpc) is 2.29. The molecule has 1 rings (SSSR count). The van der Waals surface area contributed by atoms with E-state index >= 15 is 0 Å². The number of benzene rings is 1. The number of ether oxygens (including phenoxy) is 1. The van der Waals surface area contributed by atoms with Crippen LogP contribution in [-0.4, -0.2) is 12.8 Å². The summed E-state index contributed by atoms with van der Waals surface area (Å²) < 4.78 is 5.11. The zero-order valence-corrected chi connectivity index (χ0v) is 11.2. The summed E-state index contributed by atoms with van der Waals surface area (Å²) in [7, 11) is 1.67. The van der Waals surface area contributed by atoms with Crippen molar-refractivity contribution in [2.45, 2.75) is 33.6 Å². The normalized spacial score (nSPS) is 11.2. The number of nitrogens with zero attached hydrogens (tertiary/aromatic N) is 1. The van der Waals surface area contributed by atoms with Gasteiger partial charge in [0.05, 0.1) is 12.8 Å². The molecule has 0 aliphatic heterocycles. The van der Waals surface area contributed by atoms with E-state index < -0.39 is 0 Å². The summed E-state index contributed by atoms with van der Waals surface area (Å²) in [5.41, 5.74) is 3.51. The van der Waals surface area contributed by atoms with Gasteiger partial charge >= 0.3 is 0 Å². The number of methoxy groups -OCH3 is 1. The fourth-order valence-electron chi connectivity index (χ4n) is 1.50. The second-order valence-corrected chi connectivity index (χ2v) is 4.37. The Hall–Kier alpha value is -1.57. The van der Waals surface area contributed by atoms with Crippen LogP contribution in [0.4, 0.5) is 5.69 Å². The van der Waals surface area contributed by atoms with E-state index in [9.17, 15) is 0 Å². The molecule has 0 saturated heterocycles. The third-order valence-electron chi connectivity index (χ3n) is 2.45. The number of rotatable bonds is 5. The third-order valence-corrected chi connectivity index (χ3v) is 2.45. The van der Waals surface area contributed by atoms with Crippen molar-refractivity contribution in [3.05, 3.63) is 35.9 Å². The van der Waals surface area contributed by atoms with Gasteiger partial charge in [0, 0.05) is 5.71 Å². The first-order valence-electron chi connectivity index (χ1n) is 5.93. The summed E-state index contributed by atoms with van der Waals surface area (Å²) in [6.07, 6.45) is 4.32. The van der Waals surface area contributed by atoms with Gasteiger partial charge in [-0.2, -0.15) is 0 Å². The molecule has 17 heavy (non-hydrogen) atoms. The summed E-state index contributed by atoms with van der Waals surface area (Å²) in [4.78, 5) is 4.56. The van der Waals surface area contributed by atoms with Gasteiger partial charge in [-0.3, -0.25) is 4.99 Å². The number of hydrogen-bond acceptors (Lipinski definition) is 2. The molecule has 0 aliphatic carbocycles. The SMILES string of the molecule is COc1ccc(N=C(C)CCC=C(C)C)cc1. The molecule has 1 aromatic carbocycles. The number of allylic oxidation sites excluding steroid dienone is 2. The number of hydrogen-bond donors (Lipinski definition) is 0. The van der Waals surface area contributed by atoms with Gasteiger partial charge in [-0.05, 0) is 57.9 Å². The van der Waals surface area contributed by atoms with Crippen LogP contribution in [-0.2, 0) is 0 Å². The van der Waals surface area contributed by atoms with Crippen molar-refractivity contribution in [1.29, 1.82) is 0 Å². The first-order chi connectivity index (χ1) is 8.11. The summed E-state index contributed by atoms with van der Waals surface area (Å²) in [5.74, 6) is 0.867. The van der Waals surface area contributed by atoms with Gasteiger partial charge in [0.15, 0.2) is 0 Å². The first-order valence-corrected chi connectivity index (χ1v) is 5.93. The zero-order chi connectivity index (χ0) is 12.7. The molecule has 0 fully saturated rings. The van der Waals surface area contributed by atoms with Crippen LogP contribution >= 0.6 is 0 Å². The minimum absolute atomic E-state index is 0.867. The molecule has 0 atom stereocenters. The Morgan fingerprint density at radius 3 is 2.35 bits per heavy atom. The van der Waals surface area contributed by atoms with E-state index in [1.807, 2.05) is 24.3 Å². The fourth-order valence-corrected chi connectivity index (χ4v) is 1.50. The summed E-state index contributed by atoms with van der Waals surface area (Å²) in [5, 5.41) is 0. The maximum atomic E-state index is 5.11. The molecule has 1 aromatic rings. The molecule has 0 radical (unpaired) electrons. The second-order valence-electron chi connectivity index (χ2n) is 4.37. The predicted molar refractivity (Wildman–Crippen MR) is 74.4 cm³/mol. The minimum atomic E-state index is 0.867. The minimum Gasteiger partial charge on any atom is -0.497 e. The van der Waals surface area contributed by atoms with Crippen molar-refractivity contribution in [2.75, 3.05) is 7.11 Å². The Kier molecular flexibility index (Phi) is 5.47. The maximum Gasteiger partial charge on any atom is 0.119 e. The monoisotopic (exact) mass is 231 g/mol. The van der Waals surface area contributed by atoms with Gasteiger partial charge in [0.2, 0.25) is 0 Å². The van der Waals surface area contributed by atoms with E-state index in [4.69, 9.17) is 4.74 Å². The topological polar surface area (TPSA) is 21.6 Å². The summed E-state index contributed by atoms with van der Waals surface area (Å²) >= 11 is 0. The fraction of sp³-hybridized carbons (Fsp3) is 0.400. The number of aliphatic imine (C=N–C) groups is 1. The van der Waals surface area contributed by atoms with Crippen LogP contribution in [0, 0.1) is 0 Å². The van der Waals surface area contributed by atoms with Crippen molar-refractivity contribution >= 4 is 11.4 Å². The zero-order valence-electron chi connectivity index (χ0n) is 11.2. The summed E-state index contributed by atoms with van der Waals surface area (Å²) in [6, 6.07) is 7.82. The van der Waals surface area contributed by atoms with Crippen LogP contribution in [0.5, 0.6) is 5.75 Å². The molecule has 0 aromatic heterocycles. The van der Waals surface area contributed by atoms with Crippen LogP contribution in [0.25, 0.3) is 0 Å². The smallest absolute Gasteiger partial charge is 0.119 e. The van der Waals surface area contributed by atoms with Gasteiger partial charge in [0.25, 0.3) is 0 Å². The van der Waals surface area contributed by atoms with Crippen LogP contribution in [0.15, 0.2) is 40.9 Å². The molecular formula is C15H21NO. The summed E-state index contributed by atoms with van der Waals surface area (Å²) in [6.45, 7) is 6.31. The molecule has 0 bridgehead atoms. The largest absolute Gasteiger partial charge is 0.497 e. The van der Waals surface area contributed by atoms with Crippen molar-refractivity contribution < 1.29 is 4.74 Å². The van der Waals surface area contributed by atoms with Crippen LogP contribution in [0.1, 0.15) is 33.6 Å². The average molecular weight is 231 g/mol. The molecule has 0 unspecified atom stereocenters. The Balaban J connectivity index is 2.57. The van der Waals surface area contributed by atoms with E-state index in [1.54, 1.807) is 7.11 Å². The van der Waals surface area contributed by atoms with Crippen molar-refractivity contribution in [2.24, 2.45) is 4.99 Å². The van der Waals surface area contributed by atoms with Crippen LogP contribution in [0.2, 0.25) is 0 Å². The quantitative estimate of drug-likeness (QED) is 0.538. The van der Waals surface area contributed by atoms with E-state index in [0.717, 1.165) is 30.0 Å². The van der Waals surface area contributed by atoms with Gasteiger partial charge in [-0.25, -0.2) is 0 Å². The van der Waals surface area contributed by atoms with Crippen molar-refractivity contribution in [1.82, 2.24) is 0 Å². The highest BCUT2D eigenvalue weighted by Gasteiger charge is 1.94. The van der Waals surface area contributed by atoms with Gasteiger partial charge < -0.3 is 4.74 Å². The molecule has 0 amide bonds. The second kappa shape index (κ2) is 6.89.